The number of amides is 2. The summed E-state index contributed by atoms with van der Waals surface area (Å²) in [5, 5.41) is 7.03. The van der Waals surface area contributed by atoms with Crippen LogP contribution >= 0.6 is 0 Å². The Morgan fingerprint density at radius 2 is 1.43 bits per heavy atom. The molecule has 0 aliphatic rings. The molecular formula is C33H34N4O4S. The first-order valence-electron chi connectivity index (χ1n) is 13.5. The summed E-state index contributed by atoms with van der Waals surface area (Å²) in [5.41, 5.74) is 7.25. The van der Waals surface area contributed by atoms with Crippen molar-refractivity contribution in [3.8, 4) is 0 Å². The molecule has 0 saturated heterocycles. The molecule has 42 heavy (non-hydrogen) atoms. The first-order chi connectivity index (χ1) is 20.0. The Bertz CT molecular complexity index is 1670. The van der Waals surface area contributed by atoms with E-state index in [1.165, 1.54) is 12.1 Å². The lowest BCUT2D eigenvalue weighted by molar-refractivity contribution is -0.119. The van der Waals surface area contributed by atoms with Crippen molar-refractivity contribution < 1.29 is 18.0 Å². The summed E-state index contributed by atoms with van der Waals surface area (Å²) in [4.78, 5) is 25.5. The molecule has 4 aromatic carbocycles. The minimum absolute atomic E-state index is 0.0907. The fourth-order valence-electron chi connectivity index (χ4n) is 4.14. The van der Waals surface area contributed by atoms with E-state index in [1.54, 1.807) is 79.7 Å². The van der Waals surface area contributed by atoms with Crippen LogP contribution in [0, 0.1) is 6.92 Å². The van der Waals surface area contributed by atoms with Crippen LogP contribution in [0.1, 0.15) is 53.7 Å². The van der Waals surface area contributed by atoms with Crippen LogP contribution in [-0.4, -0.2) is 32.5 Å². The quantitative estimate of drug-likeness (QED) is 0.174. The number of rotatable bonds is 10. The molecule has 0 heterocycles. The van der Waals surface area contributed by atoms with Gasteiger partial charge in [0.05, 0.1) is 16.3 Å². The average molecular weight is 583 g/mol. The monoisotopic (exact) mass is 582 g/mol. The summed E-state index contributed by atoms with van der Waals surface area (Å²) < 4.78 is 28.4. The van der Waals surface area contributed by atoms with E-state index in [4.69, 9.17) is 0 Å². The number of aryl methyl sites for hydroxylation is 1. The minimum atomic E-state index is -4.04. The number of hydrogen-bond donors (Lipinski definition) is 2. The van der Waals surface area contributed by atoms with Crippen molar-refractivity contribution >= 4 is 38.9 Å². The van der Waals surface area contributed by atoms with Gasteiger partial charge < -0.3 is 5.32 Å². The summed E-state index contributed by atoms with van der Waals surface area (Å²) in [5.74, 6) is -0.536. The number of benzene rings is 4. The summed E-state index contributed by atoms with van der Waals surface area (Å²) in [6.45, 7) is 7.25. The number of anilines is 2. The zero-order valence-electron chi connectivity index (χ0n) is 24.0. The maximum Gasteiger partial charge on any atom is 0.264 e. The second kappa shape index (κ2) is 13.3. The van der Waals surface area contributed by atoms with Crippen LogP contribution in [0.3, 0.4) is 0 Å². The zero-order valence-corrected chi connectivity index (χ0v) is 24.9. The Hall–Kier alpha value is -4.76. The molecule has 0 radical (unpaired) electrons. The molecular weight excluding hydrogens is 548 g/mol. The molecule has 0 fully saturated rings. The molecule has 0 bridgehead atoms. The molecule has 2 N–H and O–H groups in total. The van der Waals surface area contributed by atoms with E-state index < -0.39 is 22.5 Å². The normalized spacial score (nSPS) is 11.7. The second-order valence-electron chi connectivity index (χ2n) is 10.2. The number of hydrogen-bond acceptors (Lipinski definition) is 5. The summed E-state index contributed by atoms with van der Waals surface area (Å²) in [6, 6.07) is 29.6. The Morgan fingerprint density at radius 1 is 0.810 bits per heavy atom. The van der Waals surface area contributed by atoms with Gasteiger partial charge in [-0.05, 0) is 79.4 Å². The molecule has 0 unspecified atom stereocenters. The van der Waals surface area contributed by atoms with Gasteiger partial charge in [-0.25, -0.2) is 13.8 Å². The van der Waals surface area contributed by atoms with Gasteiger partial charge in [0.15, 0.2) is 0 Å². The SMILES string of the molecule is C/C(=N\NC(=O)CN(c1ccc(C(C)C)cc1)S(=O)(=O)c1ccc(C)cc1)c1ccc(NC(=O)c2ccccc2)cc1. The van der Waals surface area contributed by atoms with E-state index in [9.17, 15) is 18.0 Å². The molecule has 4 rings (SSSR count). The lowest BCUT2D eigenvalue weighted by atomic mass is 10.0. The van der Waals surface area contributed by atoms with Gasteiger partial charge in [-0.3, -0.25) is 13.9 Å². The average Bonchev–Trinajstić information content (AvgIpc) is 2.99. The molecule has 2 amide bonds. The second-order valence-corrected chi connectivity index (χ2v) is 12.1. The van der Waals surface area contributed by atoms with Crippen molar-refractivity contribution in [3.05, 3.63) is 125 Å². The van der Waals surface area contributed by atoms with Crippen molar-refractivity contribution in [1.82, 2.24) is 5.43 Å². The Balaban J connectivity index is 1.48. The predicted octanol–water partition coefficient (Wildman–Crippen LogP) is 6.11. The van der Waals surface area contributed by atoms with Gasteiger partial charge in [-0.2, -0.15) is 5.10 Å². The third-order valence-corrected chi connectivity index (χ3v) is 8.48. The summed E-state index contributed by atoms with van der Waals surface area (Å²) in [6.07, 6.45) is 0. The molecule has 0 aromatic heterocycles. The van der Waals surface area contributed by atoms with Crippen LogP contribution in [0.5, 0.6) is 0 Å². The van der Waals surface area contributed by atoms with Crippen molar-refractivity contribution in [3.63, 3.8) is 0 Å². The van der Waals surface area contributed by atoms with Gasteiger partial charge in [-0.15, -0.1) is 0 Å². The van der Waals surface area contributed by atoms with Crippen LogP contribution in [0.15, 0.2) is 113 Å². The van der Waals surface area contributed by atoms with Crippen LogP contribution in [0.25, 0.3) is 0 Å². The maximum absolute atomic E-state index is 13.6. The highest BCUT2D eigenvalue weighted by molar-refractivity contribution is 7.92. The fourth-order valence-corrected chi connectivity index (χ4v) is 5.56. The topological polar surface area (TPSA) is 108 Å². The number of nitrogens with zero attached hydrogens (tertiary/aromatic N) is 2. The lowest BCUT2D eigenvalue weighted by Crippen LogP contribution is -2.39. The first-order valence-corrected chi connectivity index (χ1v) is 15.0. The number of carbonyl (C=O) groups is 2. The van der Waals surface area contributed by atoms with E-state index in [0.717, 1.165) is 21.0 Å². The highest BCUT2D eigenvalue weighted by atomic mass is 32.2. The standard InChI is InChI=1S/C33H34N4O4S/c1-23(2)26-14-18-30(19-15-26)37(42(40,41)31-20-10-24(3)11-21-31)22-32(38)36-35-25(4)27-12-16-29(17-13-27)34-33(39)28-8-6-5-7-9-28/h5-21,23H,22H2,1-4H3,(H,34,39)(H,36,38)/b35-25+. The number of sulfonamides is 1. The Labute approximate surface area is 247 Å². The molecule has 0 atom stereocenters. The zero-order chi connectivity index (χ0) is 30.3. The summed E-state index contributed by atoms with van der Waals surface area (Å²) in [7, 11) is -4.04. The van der Waals surface area contributed by atoms with Gasteiger partial charge in [0, 0.05) is 11.3 Å². The number of hydrazone groups is 1. The first kappa shape index (κ1) is 30.2. The molecule has 8 nitrogen and oxygen atoms in total. The molecule has 0 saturated carbocycles. The third-order valence-electron chi connectivity index (χ3n) is 6.69. The highest BCUT2D eigenvalue weighted by Crippen LogP contribution is 2.26. The molecule has 9 heteroatoms. The minimum Gasteiger partial charge on any atom is -0.322 e. The Morgan fingerprint density at radius 3 is 2.02 bits per heavy atom. The van der Waals surface area contributed by atoms with Crippen molar-refractivity contribution in [2.45, 2.75) is 38.5 Å². The lowest BCUT2D eigenvalue weighted by Gasteiger charge is -2.24. The van der Waals surface area contributed by atoms with Crippen LogP contribution < -0.4 is 15.0 Å². The smallest absolute Gasteiger partial charge is 0.264 e. The largest absolute Gasteiger partial charge is 0.322 e. The highest BCUT2D eigenvalue weighted by Gasteiger charge is 2.27. The summed E-state index contributed by atoms with van der Waals surface area (Å²) >= 11 is 0. The van der Waals surface area contributed by atoms with Crippen molar-refractivity contribution in [2.75, 3.05) is 16.2 Å². The van der Waals surface area contributed by atoms with Gasteiger partial charge in [0.1, 0.15) is 6.54 Å². The number of carbonyl (C=O) groups excluding carboxylic acids is 2. The van der Waals surface area contributed by atoms with E-state index in [-0.39, 0.29) is 16.7 Å². The maximum atomic E-state index is 13.6. The van der Waals surface area contributed by atoms with Crippen molar-refractivity contribution in [2.24, 2.45) is 5.10 Å². The van der Waals surface area contributed by atoms with Gasteiger partial charge in [0.25, 0.3) is 21.8 Å². The predicted molar refractivity (Wildman–Crippen MR) is 167 cm³/mol. The fraction of sp³-hybridized carbons (Fsp3) is 0.182. The van der Waals surface area contributed by atoms with E-state index in [2.05, 4.69) is 29.7 Å². The molecule has 216 valence electrons. The number of nitrogens with one attached hydrogen (secondary N) is 2. The molecule has 0 spiro atoms. The van der Waals surface area contributed by atoms with Crippen LogP contribution in [0.4, 0.5) is 11.4 Å². The van der Waals surface area contributed by atoms with Gasteiger partial charge >= 0.3 is 0 Å². The molecule has 0 aliphatic heterocycles. The van der Waals surface area contributed by atoms with Crippen LogP contribution in [0.2, 0.25) is 0 Å². The van der Waals surface area contributed by atoms with E-state index >= 15 is 0 Å². The van der Waals surface area contributed by atoms with E-state index in [0.29, 0.717) is 22.6 Å². The van der Waals surface area contributed by atoms with Crippen molar-refractivity contribution in [1.29, 1.82) is 0 Å². The van der Waals surface area contributed by atoms with Crippen LogP contribution in [-0.2, 0) is 14.8 Å². The van der Waals surface area contributed by atoms with E-state index in [1.807, 2.05) is 25.1 Å². The molecule has 4 aromatic rings. The van der Waals surface area contributed by atoms with Gasteiger partial charge in [-0.1, -0.05) is 74.0 Å². The van der Waals surface area contributed by atoms with Gasteiger partial charge in [0.2, 0.25) is 0 Å². The molecule has 0 aliphatic carbocycles. The Kier molecular flexibility index (Phi) is 9.54. The third kappa shape index (κ3) is 7.50.